The van der Waals surface area contributed by atoms with E-state index in [1.807, 2.05) is 6.92 Å². The number of carbonyl (C=O) groups is 2. The number of amides is 1. The SMILES string of the molecule is CCOC(=O)C1CCN(C(=O)c2cc(S(=O)(=O)Nc3ccc(OCC)cc3)[nH]n2)CC1. The fourth-order valence-corrected chi connectivity index (χ4v) is 4.28. The number of esters is 1. The van der Waals surface area contributed by atoms with Gasteiger partial charge in [-0.1, -0.05) is 0 Å². The second-order valence-corrected chi connectivity index (χ2v) is 8.65. The largest absolute Gasteiger partial charge is 0.494 e. The number of ether oxygens (including phenoxy) is 2. The Morgan fingerprint density at radius 3 is 2.45 bits per heavy atom. The molecule has 1 amide bonds. The molecule has 1 aromatic heterocycles. The average molecular weight is 451 g/mol. The number of rotatable bonds is 8. The molecule has 1 fully saturated rings. The van der Waals surface area contributed by atoms with Gasteiger partial charge in [-0.2, -0.15) is 13.5 Å². The van der Waals surface area contributed by atoms with Gasteiger partial charge in [0.2, 0.25) is 0 Å². The lowest BCUT2D eigenvalue weighted by Crippen LogP contribution is -2.40. The number of anilines is 1. The fraction of sp³-hybridized carbons (Fsp3) is 0.450. The predicted molar refractivity (Wildman–Crippen MR) is 112 cm³/mol. The van der Waals surface area contributed by atoms with Gasteiger partial charge in [-0.25, -0.2) is 0 Å². The van der Waals surface area contributed by atoms with Gasteiger partial charge < -0.3 is 14.4 Å². The average Bonchev–Trinajstić information content (AvgIpc) is 3.26. The molecule has 0 saturated carbocycles. The molecule has 0 spiro atoms. The van der Waals surface area contributed by atoms with E-state index in [1.54, 1.807) is 36.1 Å². The molecular weight excluding hydrogens is 424 g/mol. The first-order valence-electron chi connectivity index (χ1n) is 10.1. The number of likely N-dealkylation sites (tertiary alicyclic amines) is 1. The molecule has 1 aliphatic rings. The van der Waals surface area contributed by atoms with Gasteiger partial charge in [-0.05, 0) is 51.0 Å². The molecule has 3 rings (SSSR count). The fourth-order valence-electron chi connectivity index (χ4n) is 3.29. The van der Waals surface area contributed by atoms with Crippen molar-refractivity contribution in [1.29, 1.82) is 0 Å². The molecule has 0 radical (unpaired) electrons. The number of H-pyrrole nitrogens is 1. The van der Waals surface area contributed by atoms with Crippen molar-refractivity contribution in [3.05, 3.63) is 36.0 Å². The van der Waals surface area contributed by atoms with Crippen molar-refractivity contribution in [3.8, 4) is 5.75 Å². The molecule has 1 aromatic carbocycles. The van der Waals surface area contributed by atoms with E-state index in [0.717, 1.165) is 0 Å². The monoisotopic (exact) mass is 450 g/mol. The molecule has 2 N–H and O–H groups in total. The molecule has 10 nitrogen and oxygen atoms in total. The van der Waals surface area contributed by atoms with E-state index >= 15 is 0 Å². The molecule has 1 aliphatic heterocycles. The van der Waals surface area contributed by atoms with E-state index in [-0.39, 0.29) is 28.5 Å². The molecular formula is C20H26N4O6S. The Morgan fingerprint density at radius 2 is 1.84 bits per heavy atom. The third kappa shape index (κ3) is 5.54. The van der Waals surface area contributed by atoms with Gasteiger partial charge in [-0.15, -0.1) is 0 Å². The van der Waals surface area contributed by atoms with Crippen LogP contribution in [0.5, 0.6) is 5.75 Å². The maximum atomic E-state index is 12.7. The standard InChI is InChI=1S/C20H26N4O6S/c1-3-29-16-7-5-15(6-8-16)23-31(27,28)18-13-17(21-22-18)19(25)24-11-9-14(10-12-24)20(26)30-4-2/h5-8,13-14,23H,3-4,9-12H2,1-2H3,(H,21,22). The lowest BCUT2D eigenvalue weighted by molar-refractivity contribution is -0.149. The minimum absolute atomic E-state index is 0.00153. The second-order valence-electron chi connectivity index (χ2n) is 7.00. The van der Waals surface area contributed by atoms with E-state index in [0.29, 0.717) is 50.6 Å². The number of aromatic nitrogens is 2. The number of hydrogen-bond acceptors (Lipinski definition) is 7. The zero-order valence-corrected chi connectivity index (χ0v) is 18.3. The molecule has 2 heterocycles. The van der Waals surface area contributed by atoms with Crippen LogP contribution in [-0.2, 0) is 19.6 Å². The van der Waals surface area contributed by atoms with Gasteiger partial charge in [0, 0.05) is 24.8 Å². The quantitative estimate of drug-likeness (QED) is 0.588. The molecule has 0 atom stereocenters. The molecule has 1 saturated heterocycles. The van der Waals surface area contributed by atoms with Gasteiger partial charge >= 0.3 is 5.97 Å². The van der Waals surface area contributed by atoms with Gasteiger partial charge in [0.05, 0.1) is 19.1 Å². The molecule has 0 unspecified atom stereocenters. The van der Waals surface area contributed by atoms with E-state index in [2.05, 4.69) is 14.9 Å². The number of aromatic amines is 1. The van der Waals surface area contributed by atoms with Gasteiger partial charge in [0.1, 0.15) is 5.75 Å². The van der Waals surface area contributed by atoms with Gasteiger partial charge in [-0.3, -0.25) is 19.4 Å². The zero-order valence-electron chi connectivity index (χ0n) is 17.5. The number of carbonyl (C=O) groups excluding carboxylic acids is 2. The molecule has 31 heavy (non-hydrogen) atoms. The Balaban J connectivity index is 1.62. The third-order valence-electron chi connectivity index (χ3n) is 4.88. The minimum atomic E-state index is -3.95. The Labute approximate surface area is 181 Å². The summed E-state index contributed by atoms with van der Waals surface area (Å²) >= 11 is 0. The number of hydrogen-bond donors (Lipinski definition) is 2. The number of sulfonamides is 1. The summed E-state index contributed by atoms with van der Waals surface area (Å²) in [6.45, 7) is 5.20. The molecule has 0 aliphatic carbocycles. The van der Waals surface area contributed by atoms with E-state index in [1.165, 1.54) is 6.07 Å². The highest BCUT2D eigenvalue weighted by molar-refractivity contribution is 7.92. The minimum Gasteiger partial charge on any atom is -0.494 e. The van der Waals surface area contributed by atoms with Crippen molar-refractivity contribution >= 4 is 27.6 Å². The Morgan fingerprint density at radius 1 is 1.16 bits per heavy atom. The highest BCUT2D eigenvalue weighted by Crippen LogP contribution is 2.22. The number of benzene rings is 1. The topological polar surface area (TPSA) is 131 Å². The van der Waals surface area contributed by atoms with Crippen LogP contribution in [0.25, 0.3) is 0 Å². The first kappa shape index (κ1) is 22.6. The van der Waals surface area contributed by atoms with Crippen molar-refractivity contribution in [2.45, 2.75) is 31.7 Å². The van der Waals surface area contributed by atoms with Crippen LogP contribution in [0.4, 0.5) is 5.69 Å². The van der Waals surface area contributed by atoms with Crippen LogP contribution < -0.4 is 9.46 Å². The van der Waals surface area contributed by atoms with Crippen LogP contribution in [0.2, 0.25) is 0 Å². The molecule has 168 valence electrons. The van der Waals surface area contributed by atoms with Crippen LogP contribution in [-0.4, -0.2) is 61.7 Å². The van der Waals surface area contributed by atoms with Gasteiger partial charge in [0.25, 0.3) is 15.9 Å². The molecule has 0 bridgehead atoms. The highest BCUT2D eigenvalue weighted by Gasteiger charge is 2.30. The molecule has 11 heteroatoms. The summed E-state index contributed by atoms with van der Waals surface area (Å²) in [7, 11) is -3.95. The summed E-state index contributed by atoms with van der Waals surface area (Å²) in [6.07, 6.45) is 0.999. The van der Waals surface area contributed by atoms with Crippen LogP contribution in [0.1, 0.15) is 37.2 Å². The zero-order chi connectivity index (χ0) is 22.4. The Kier molecular flexibility index (Phi) is 7.16. The smallest absolute Gasteiger partial charge is 0.309 e. The van der Waals surface area contributed by atoms with Crippen molar-refractivity contribution in [3.63, 3.8) is 0 Å². The van der Waals surface area contributed by atoms with Crippen LogP contribution in [0.3, 0.4) is 0 Å². The van der Waals surface area contributed by atoms with Crippen molar-refractivity contribution in [2.24, 2.45) is 5.92 Å². The number of piperidine rings is 1. The van der Waals surface area contributed by atoms with E-state index in [9.17, 15) is 18.0 Å². The summed E-state index contributed by atoms with van der Waals surface area (Å²) in [5.74, 6) is -0.228. The normalized spacial score (nSPS) is 14.8. The van der Waals surface area contributed by atoms with Crippen LogP contribution in [0, 0.1) is 5.92 Å². The first-order valence-corrected chi connectivity index (χ1v) is 11.6. The maximum Gasteiger partial charge on any atom is 0.309 e. The lowest BCUT2D eigenvalue weighted by Gasteiger charge is -2.30. The van der Waals surface area contributed by atoms with E-state index < -0.39 is 10.0 Å². The Hall–Kier alpha value is -3.08. The van der Waals surface area contributed by atoms with Crippen LogP contribution >= 0.6 is 0 Å². The number of nitrogens with zero attached hydrogens (tertiary/aromatic N) is 2. The van der Waals surface area contributed by atoms with E-state index in [4.69, 9.17) is 9.47 Å². The van der Waals surface area contributed by atoms with Crippen molar-refractivity contribution in [1.82, 2.24) is 15.1 Å². The summed E-state index contributed by atoms with van der Waals surface area (Å²) < 4.78 is 38.0. The lowest BCUT2D eigenvalue weighted by atomic mass is 9.97. The van der Waals surface area contributed by atoms with Crippen molar-refractivity contribution < 1.29 is 27.5 Å². The third-order valence-corrected chi connectivity index (χ3v) is 6.18. The van der Waals surface area contributed by atoms with Crippen molar-refractivity contribution in [2.75, 3.05) is 31.0 Å². The molecule has 2 aromatic rings. The second kappa shape index (κ2) is 9.82. The summed E-state index contributed by atoms with van der Waals surface area (Å²) in [5, 5.41) is 6.07. The maximum absolute atomic E-state index is 12.7. The van der Waals surface area contributed by atoms with Gasteiger partial charge in [0.15, 0.2) is 10.7 Å². The Bertz CT molecular complexity index is 1010. The summed E-state index contributed by atoms with van der Waals surface area (Å²) in [5.41, 5.74) is 0.355. The predicted octanol–water partition coefficient (Wildman–Crippen LogP) is 2.02. The summed E-state index contributed by atoms with van der Waals surface area (Å²) in [6, 6.07) is 7.68. The number of nitrogens with one attached hydrogen (secondary N) is 2. The first-order chi connectivity index (χ1) is 14.8. The van der Waals surface area contributed by atoms with Crippen LogP contribution in [0.15, 0.2) is 35.4 Å². The highest BCUT2D eigenvalue weighted by atomic mass is 32.2. The summed E-state index contributed by atoms with van der Waals surface area (Å²) in [4.78, 5) is 26.1.